The van der Waals surface area contributed by atoms with Crippen LogP contribution < -0.4 is 10.6 Å². The second-order valence-electron chi connectivity index (χ2n) is 6.11. The number of hydrogen-bond acceptors (Lipinski definition) is 5. The second kappa shape index (κ2) is 7.99. The molecule has 1 aliphatic rings. The number of piperazine rings is 1. The molecule has 2 aromatic rings. The zero-order valence-electron chi connectivity index (χ0n) is 14.4. The molecule has 134 valence electrons. The monoisotopic (exact) mass is 362 g/mol. The van der Waals surface area contributed by atoms with Crippen molar-refractivity contribution in [3.05, 3.63) is 35.0 Å². The third kappa shape index (κ3) is 3.71. The highest BCUT2D eigenvalue weighted by atomic mass is 35.5. The van der Waals surface area contributed by atoms with E-state index in [1.165, 1.54) is 0 Å². The Labute approximate surface area is 152 Å². The van der Waals surface area contributed by atoms with Gasteiger partial charge in [0.05, 0.1) is 16.2 Å². The number of rotatable bonds is 5. The largest absolute Gasteiger partial charge is 0.375 e. The molecule has 6 nitrogen and oxygen atoms in total. The Morgan fingerprint density at radius 2 is 2.12 bits per heavy atom. The van der Waals surface area contributed by atoms with Crippen molar-refractivity contribution >= 4 is 34.1 Å². The molecule has 0 aliphatic carbocycles. The zero-order chi connectivity index (χ0) is 17.8. The Morgan fingerprint density at radius 3 is 2.80 bits per heavy atom. The molecule has 1 aliphatic heterocycles. The number of aromatic nitrogens is 1. The molecule has 25 heavy (non-hydrogen) atoms. The van der Waals surface area contributed by atoms with Crippen LogP contribution >= 0.6 is 11.6 Å². The van der Waals surface area contributed by atoms with Crippen molar-refractivity contribution in [1.82, 2.24) is 9.88 Å². The number of nitrogens with two attached hydrogens (primary N) is 1. The average Bonchev–Trinajstić information content (AvgIpc) is 2.63. The summed E-state index contributed by atoms with van der Waals surface area (Å²) in [6.07, 6.45) is 2.52. The van der Waals surface area contributed by atoms with Gasteiger partial charge < -0.3 is 20.3 Å². The lowest BCUT2D eigenvalue weighted by Gasteiger charge is -2.37. The second-order valence-corrected chi connectivity index (χ2v) is 6.51. The van der Waals surface area contributed by atoms with Crippen molar-refractivity contribution in [2.24, 2.45) is 5.73 Å². The molecule has 1 aromatic heterocycles. The van der Waals surface area contributed by atoms with Crippen LogP contribution in [0, 0.1) is 0 Å². The van der Waals surface area contributed by atoms with Gasteiger partial charge in [-0.25, -0.2) is 0 Å². The Kier molecular flexibility index (Phi) is 5.73. The first-order valence-corrected chi connectivity index (χ1v) is 8.81. The summed E-state index contributed by atoms with van der Waals surface area (Å²) in [5.74, 6) is 0.0309. The van der Waals surface area contributed by atoms with E-state index in [4.69, 9.17) is 22.1 Å². The van der Waals surface area contributed by atoms with Crippen LogP contribution in [-0.4, -0.2) is 62.2 Å². The molecule has 1 aromatic carbocycles. The van der Waals surface area contributed by atoms with Crippen LogP contribution in [-0.2, 0) is 16.0 Å². The van der Waals surface area contributed by atoms with Crippen LogP contribution in [0.1, 0.15) is 5.56 Å². The average molecular weight is 363 g/mol. The molecular formula is C18H23ClN4O2. The minimum Gasteiger partial charge on any atom is -0.375 e. The van der Waals surface area contributed by atoms with Gasteiger partial charge in [0.15, 0.2) is 0 Å². The van der Waals surface area contributed by atoms with Crippen LogP contribution in [0.2, 0.25) is 5.02 Å². The smallest absolute Gasteiger partial charge is 0.248 e. The van der Waals surface area contributed by atoms with E-state index in [0.717, 1.165) is 41.7 Å². The Morgan fingerprint density at radius 1 is 1.36 bits per heavy atom. The van der Waals surface area contributed by atoms with Gasteiger partial charge in [0, 0.05) is 44.9 Å². The van der Waals surface area contributed by atoms with Crippen LogP contribution in [0.15, 0.2) is 24.4 Å². The lowest BCUT2D eigenvalue weighted by atomic mass is 10.0. The van der Waals surface area contributed by atoms with E-state index >= 15 is 0 Å². The third-order valence-corrected chi connectivity index (χ3v) is 4.84. The number of carbonyl (C=O) groups is 1. The Hall–Kier alpha value is -1.89. The minimum atomic E-state index is 0.0309. The summed E-state index contributed by atoms with van der Waals surface area (Å²) in [6.45, 7) is 3.51. The first-order valence-electron chi connectivity index (χ1n) is 8.43. The van der Waals surface area contributed by atoms with Gasteiger partial charge in [-0.3, -0.25) is 9.78 Å². The normalized spacial score (nSPS) is 15.0. The summed E-state index contributed by atoms with van der Waals surface area (Å²) in [7, 11) is 1.54. The number of methoxy groups -OCH3 is 1. The molecule has 0 atom stereocenters. The zero-order valence-corrected chi connectivity index (χ0v) is 15.1. The number of fused-ring (bicyclic) bond motifs is 1. The first kappa shape index (κ1) is 17.9. The summed E-state index contributed by atoms with van der Waals surface area (Å²) < 4.78 is 4.95. The van der Waals surface area contributed by atoms with Gasteiger partial charge in [0.1, 0.15) is 6.61 Å². The number of amides is 1. The number of nitrogens with zero attached hydrogens (tertiary/aromatic N) is 3. The number of benzene rings is 1. The molecule has 0 bridgehead atoms. The van der Waals surface area contributed by atoms with E-state index in [1.54, 1.807) is 13.3 Å². The molecule has 7 heteroatoms. The molecule has 2 N–H and O–H groups in total. The molecule has 0 saturated carbocycles. The van der Waals surface area contributed by atoms with Crippen molar-refractivity contribution in [3.8, 4) is 0 Å². The van der Waals surface area contributed by atoms with Crippen LogP contribution in [0.25, 0.3) is 10.9 Å². The summed E-state index contributed by atoms with van der Waals surface area (Å²) in [6, 6.07) is 5.87. The highest BCUT2D eigenvalue weighted by Crippen LogP contribution is 2.35. The quantitative estimate of drug-likeness (QED) is 0.876. The lowest BCUT2D eigenvalue weighted by molar-refractivity contribution is -0.135. The van der Waals surface area contributed by atoms with Crippen molar-refractivity contribution in [2.45, 2.75) is 6.42 Å². The maximum Gasteiger partial charge on any atom is 0.248 e. The number of ether oxygens (including phenoxy) is 1. The van der Waals surface area contributed by atoms with Crippen molar-refractivity contribution in [2.75, 3.05) is 51.3 Å². The van der Waals surface area contributed by atoms with Gasteiger partial charge in [0.25, 0.3) is 0 Å². The summed E-state index contributed by atoms with van der Waals surface area (Å²) in [4.78, 5) is 20.7. The van der Waals surface area contributed by atoms with Crippen LogP contribution in [0.4, 0.5) is 5.69 Å². The van der Waals surface area contributed by atoms with Gasteiger partial charge in [-0.05, 0) is 36.7 Å². The van der Waals surface area contributed by atoms with E-state index in [0.29, 0.717) is 24.7 Å². The molecule has 0 radical (unpaired) electrons. The van der Waals surface area contributed by atoms with E-state index < -0.39 is 0 Å². The number of halogens is 1. The van der Waals surface area contributed by atoms with E-state index in [2.05, 4.69) is 9.88 Å². The number of anilines is 1. The molecule has 1 saturated heterocycles. The fourth-order valence-electron chi connectivity index (χ4n) is 3.33. The summed E-state index contributed by atoms with van der Waals surface area (Å²) in [5, 5.41) is 1.64. The number of pyridine rings is 1. The van der Waals surface area contributed by atoms with E-state index in [9.17, 15) is 4.79 Å². The SMILES string of the molecule is COCC(=O)N1CCN(c2c(CCN)cc(Cl)c3cccnc23)CC1. The fourth-order valence-corrected chi connectivity index (χ4v) is 3.62. The molecule has 2 heterocycles. The van der Waals surface area contributed by atoms with Gasteiger partial charge >= 0.3 is 0 Å². The first-order chi connectivity index (χ1) is 12.2. The van der Waals surface area contributed by atoms with E-state index in [1.807, 2.05) is 23.1 Å². The molecule has 0 spiro atoms. The van der Waals surface area contributed by atoms with Gasteiger partial charge in [0.2, 0.25) is 5.91 Å². The molecule has 1 amide bonds. The van der Waals surface area contributed by atoms with Gasteiger partial charge in [-0.1, -0.05) is 11.6 Å². The maximum absolute atomic E-state index is 12.0. The van der Waals surface area contributed by atoms with Crippen LogP contribution in [0.5, 0.6) is 0 Å². The van der Waals surface area contributed by atoms with Crippen molar-refractivity contribution in [1.29, 1.82) is 0 Å². The van der Waals surface area contributed by atoms with E-state index in [-0.39, 0.29) is 12.5 Å². The Bertz CT molecular complexity index is 760. The van der Waals surface area contributed by atoms with Gasteiger partial charge in [-0.15, -0.1) is 0 Å². The predicted molar refractivity (Wildman–Crippen MR) is 100 cm³/mol. The predicted octanol–water partition coefficient (Wildman–Crippen LogP) is 1.68. The van der Waals surface area contributed by atoms with Crippen molar-refractivity contribution < 1.29 is 9.53 Å². The Balaban J connectivity index is 1.92. The fraction of sp³-hybridized carbons (Fsp3) is 0.444. The van der Waals surface area contributed by atoms with Crippen LogP contribution in [0.3, 0.4) is 0 Å². The number of hydrogen-bond donors (Lipinski definition) is 1. The molecule has 1 fully saturated rings. The summed E-state index contributed by atoms with van der Waals surface area (Å²) >= 11 is 6.44. The molecular weight excluding hydrogens is 340 g/mol. The van der Waals surface area contributed by atoms with Crippen molar-refractivity contribution in [3.63, 3.8) is 0 Å². The number of carbonyl (C=O) groups excluding carboxylic acids is 1. The highest BCUT2D eigenvalue weighted by molar-refractivity contribution is 6.36. The summed E-state index contributed by atoms with van der Waals surface area (Å²) in [5.41, 5.74) is 8.89. The maximum atomic E-state index is 12.0. The highest BCUT2D eigenvalue weighted by Gasteiger charge is 2.24. The van der Waals surface area contributed by atoms with Gasteiger partial charge in [-0.2, -0.15) is 0 Å². The molecule has 0 unspecified atom stereocenters. The lowest BCUT2D eigenvalue weighted by Crippen LogP contribution is -2.50. The molecule has 3 rings (SSSR count). The standard InChI is InChI=1S/C18H23ClN4O2/c1-25-12-16(24)22-7-9-23(10-8-22)18-13(4-5-20)11-15(19)14-3-2-6-21-17(14)18/h2-3,6,11H,4-5,7-10,12,20H2,1H3. The third-order valence-electron chi connectivity index (χ3n) is 4.52. The topological polar surface area (TPSA) is 71.7 Å². The minimum absolute atomic E-state index is 0.0309.